The van der Waals surface area contributed by atoms with E-state index in [4.69, 9.17) is 16.2 Å². The number of carbonyl (C=O) groups is 1. The van der Waals surface area contributed by atoms with Gasteiger partial charge < -0.3 is 16.2 Å². The SMILES string of the molecule is NC(=O)c1cc(OCc2ccccc2)ccc1-c1ccc(N)cc1. The number of benzene rings is 3. The second-order valence-corrected chi connectivity index (χ2v) is 5.47. The van der Waals surface area contributed by atoms with Crippen molar-refractivity contribution < 1.29 is 9.53 Å². The molecule has 0 saturated heterocycles. The summed E-state index contributed by atoms with van der Waals surface area (Å²) in [7, 11) is 0. The Balaban J connectivity index is 1.87. The van der Waals surface area contributed by atoms with Crippen molar-refractivity contribution in [1.29, 1.82) is 0 Å². The molecule has 0 saturated carbocycles. The molecule has 0 fully saturated rings. The Morgan fingerprint density at radius 3 is 2.29 bits per heavy atom. The van der Waals surface area contributed by atoms with E-state index in [1.54, 1.807) is 18.2 Å². The highest BCUT2D eigenvalue weighted by molar-refractivity contribution is 6.00. The van der Waals surface area contributed by atoms with E-state index in [-0.39, 0.29) is 0 Å². The van der Waals surface area contributed by atoms with E-state index >= 15 is 0 Å². The average molecular weight is 318 g/mol. The second kappa shape index (κ2) is 6.87. The van der Waals surface area contributed by atoms with E-state index < -0.39 is 5.91 Å². The van der Waals surface area contributed by atoms with Crippen molar-refractivity contribution in [1.82, 2.24) is 0 Å². The third-order valence-corrected chi connectivity index (χ3v) is 3.73. The molecule has 3 aromatic carbocycles. The first-order valence-corrected chi connectivity index (χ1v) is 7.60. The zero-order valence-electron chi connectivity index (χ0n) is 13.1. The van der Waals surface area contributed by atoms with Crippen molar-refractivity contribution in [2.75, 3.05) is 5.73 Å². The summed E-state index contributed by atoms with van der Waals surface area (Å²) in [6.07, 6.45) is 0. The highest BCUT2D eigenvalue weighted by atomic mass is 16.5. The fraction of sp³-hybridized carbons (Fsp3) is 0.0500. The van der Waals surface area contributed by atoms with Gasteiger partial charge in [0.05, 0.1) is 5.56 Å². The van der Waals surface area contributed by atoms with Crippen LogP contribution < -0.4 is 16.2 Å². The van der Waals surface area contributed by atoms with Crippen molar-refractivity contribution >= 4 is 11.6 Å². The predicted octanol–water partition coefficient (Wildman–Crippen LogP) is 3.61. The molecule has 0 aliphatic rings. The number of nitrogens with two attached hydrogens (primary N) is 2. The molecule has 3 aromatic rings. The smallest absolute Gasteiger partial charge is 0.249 e. The van der Waals surface area contributed by atoms with Gasteiger partial charge in [-0.3, -0.25) is 4.79 Å². The molecule has 0 aliphatic heterocycles. The summed E-state index contributed by atoms with van der Waals surface area (Å²) in [5, 5.41) is 0. The number of amides is 1. The molecule has 0 spiro atoms. The van der Waals surface area contributed by atoms with E-state index in [1.165, 1.54) is 0 Å². The van der Waals surface area contributed by atoms with E-state index in [9.17, 15) is 4.79 Å². The lowest BCUT2D eigenvalue weighted by molar-refractivity contribution is 0.100. The normalized spacial score (nSPS) is 10.3. The van der Waals surface area contributed by atoms with Gasteiger partial charge in [-0.05, 0) is 47.0 Å². The van der Waals surface area contributed by atoms with Gasteiger partial charge in [0.25, 0.3) is 0 Å². The van der Waals surface area contributed by atoms with Gasteiger partial charge in [0.15, 0.2) is 0 Å². The molecule has 1 amide bonds. The van der Waals surface area contributed by atoms with Crippen LogP contribution in [-0.2, 0) is 6.61 Å². The molecule has 0 bridgehead atoms. The number of hydrogen-bond acceptors (Lipinski definition) is 3. The summed E-state index contributed by atoms with van der Waals surface area (Å²) >= 11 is 0. The monoisotopic (exact) mass is 318 g/mol. The van der Waals surface area contributed by atoms with E-state index in [0.717, 1.165) is 16.7 Å². The molecule has 4 nitrogen and oxygen atoms in total. The van der Waals surface area contributed by atoms with Crippen LogP contribution in [0.2, 0.25) is 0 Å². The van der Waals surface area contributed by atoms with Gasteiger partial charge in [0.1, 0.15) is 12.4 Å². The van der Waals surface area contributed by atoms with Crippen LogP contribution in [0.4, 0.5) is 5.69 Å². The highest BCUT2D eigenvalue weighted by Crippen LogP contribution is 2.28. The van der Waals surface area contributed by atoms with Crippen LogP contribution in [0.3, 0.4) is 0 Å². The number of primary amides is 1. The lowest BCUT2D eigenvalue weighted by Gasteiger charge is -2.11. The highest BCUT2D eigenvalue weighted by Gasteiger charge is 2.12. The number of anilines is 1. The molecule has 0 radical (unpaired) electrons. The van der Waals surface area contributed by atoms with Crippen LogP contribution in [0, 0.1) is 0 Å². The first kappa shape index (κ1) is 15.6. The Kier molecular flexibility index (Phi) is 4.47. The van der Waals surface area contributed by atoms with Gasteiger partial charge in [-0.1, -0.05) is 42.5 Å². The van der Waals surface area contributed by atoms with Gasteiger partial charge >= 0.3 is 0 Å². The first-order chi connectivity index (χ1) is 11.6. The summed E-state index contributed by atoms with van der Waals surface area (Å²) in [6.45, 7) is 0.431. The minimum Gasteiger partial charge on any atom is -0.489 e. The van der Waals surface area contributed by atoms with E-state index in [0.29, 0.717) is 23.6 Å². The molecule has 0 aromatic heterocycles. The molecule has 3 rings (SSSR count). The molecule has 0 atom stereocenters. The van der Waals surface area contributed by atoms with Crippen LogP contribution in [-0.4, -0.2) is 5.91 Å². The number of carbonyl (C=O) groups excluding carboxylic acids is 1. The lowest BCUT2D eigenvalue weighted by Crippen LogP contribution is -2.12. The summed E-state index contributed by atoms with van der Waals surface area (Å²) in [5.41, 5.74) is 15.0. The minimum absolute atomic E-state index is 0.422. The Hall–Kier alpha value is -3.27. The van der Waals surface area contributed by atoms with Gasteiger partial charge in [0, 0.05) is 5.69 Å². The number of hydrogen-bond donors (Lipinski definition) is 2. The van der Waals surface area contributed by atoms with E-state index in [2.05, 4.69) is 0 Å². The maximum Gasteiger partial charge on any atom is 0.249 e. The van der Waals surface area contributed by atoms with Gasteiger partial charge in [-0.25, -0.2) is 0 Å². The fourth-order valence-electron chi connectivity index (χ4n) is 2.47. The van der Waals surface area contributed by atoms with Crippen molar-refractivity contribution in [3.63, 3.8) is 0 Å². The standard InChI is InChI=1S/C20H18N2O2/c21-16-8-6-15(7-9-16)18-11-10-17(12-19(18)20(22)23)24-13-14-4-2-1-3-5-14/h1-12H,13,21H2,(H2,22,23). The molecular formula is C20H18N2O2. The zero-order chi connectivity index (χ0) is 16.9. The zero-order valence-corrected chi connectivity index (χ0v) is 13.1. The quantitative estimate of drug-likeness (QED) is 0.705. The number of rotatable bonds is 5. The van der Waals surface area contributed by atoms with Crippen molar-refractivity contribution in [3.8, 4) is 16.9 Å². The number of nitrogen functional groups attached to an aromatic ring is 1. The predicted molar refractivity (Wildman–Crippen MR) is 95.6 cm³/mol. The van der Waals surface area contributed by atoms with Crippen LogP contribution in [0.5, 0.6) is 5.75 Å². The fourth-order valence-corrected chi connectivity index (χ4v) is 2.47. The third kappa shape index (κ3) is 3.55. The van der Waals surface area contributed by atoms with Crippen molar-refractivity contribution in [3.05, 3.63) is 83.9 Å². The molecule has 0 heterocycles. The molecule has 24 heavy (non-hydrogen) atoms. The number of ether oxygens (including phenoxy) is 1. The molecule has 0 unspecified atom stereocenters. The Morgan fingerprint density at radius 1 is 0.917 bits per heavy atom. The second-order valence-electron chi connectivity index (χ2n) is 5.47. The average Bonchev–Trinajstić information content (AvgIpc) is 2.61. The van der Waals surface area contributed by atoms with Crippen molar-refractivity contribution in [2.24, 2.45) is 5.73 Å². The maximum atomic E-state index is 11.8. The Morgan fingerprint density at radius 2 is 1.62 bits per heavy atom. The molecule has 0 aliphatic carbocycles. The summed E-state index contributed by atoms with van der Waals surface area (Å²) < 4.78 is 5.77. The lowest BCUT2D eigenvalue weighted by atomic mass is 9.98. The third-order valence-electron chi connectivity index (χ3n) is 3.73. The van der Waals surface area contributed by atoms with Crippen LogP contribution in [0.25, 0.3) is 11.1 Å². The maximum absolute atomic E-state index is 11.8. The van der Waals surface area contributed by atoms with Gasteiger partial charge in [0.2, 0.25) is 5.91 Å². The van der Waals surface area contributed by atoms with Gasteiger partial charge in [-0.2, -0.15) is 0 Å². The summed E-state index contributed by atoms with van der Waals surface area (Å²) in [6, 6.07) is 22.5. The summed E-state index contributed by atoms with van der Waals surface area (Å²) in [4.78, 5) is 11.8. The minimum atomic E-state index is -0.494. The van der Waals surface area contributed by atoms with Crippen LogP contribution in [0.1, 0.15) is 15.9 Å². The van der Waals surface area contributed by atoms with Crippen LogP contribution >= 0.6 is 0 Å². The van der Waals surface area contributed by atoms with Crippen molar-refractivity contribution in [2.45, 2.75) is 6.61 Å². The molecular weight excluding hydrogens is 300 g/mol. The Bertz CT molecular complexity index is 843. The molecule has 120 valence electrons. The topological polar surface area (TPSA) is 78.3 Å². The first-order valence-electron chi connectivity index (χ1n) is 7.60. The Labute approximate surface area is 140 Å². The van der Waals surface area contributed by atoms with Crippen LogP contribution in [0.15, 0.2) is 72.8 Å². The van der Waals surface area contributed by atoms with E-state index in [1.807, 2.05) is 54.6 Å². The largest absolute Gasteiger partial charge is 0.489 e. The summed E-state index contributed by atoms with van der Waals surface area (Å²) in [5.74, 6) is 0.110. The molecule has 4 heteroatoms. The molecule has 4 N–H and O–H groups in total. The van der Waals surface area contributed by atoms with Gasteiger partial charge in [-0.15, -0.1) is 0 Å².